The number of anilines is 2. The predicted molar refractivity (Wildman–Crippen MR) is 375 cm³/mol. The molecule has 0 unspecified atom stereocenters. The minimum atomic E-state index is -5.19. The molecule has 30 heteroatoms. The topological polar surface area (TPSA) is 347 Å². The summed E-state index contributed by atoms with van der Waals surface area (Å²) in [6.07, 6.45) is 15.4. The first kappa shape index (κ1) is 79.4. The van der Waals surface area contributed by atoms with Crippen molar-refractivity contribution in [3.63, 3.8) is 0 Å². The Hall–Kier alpha value is -7.29. The highest BCUT2D eigenvalue weighted by Gasteiger charge is 2.45. The quantitative estimate of drug-likeness (QED) is 0.0108. The maximum absolute atomic E-state index is 15.8. The SMILES string of the molecule is CC1(C)C(/C=C/C2=C(Oc3ccc(C[C@H](NC(=O)CCOCCOCCNC(=O)CCS(=O)(=O)c4c(F)c(F)c(S(N)(=O)=O)c(F)c4NC4CCCCCCC4)C(=O)O)cc3)C(=C/C=C3/N(CCCCS(=O)(=O)[O-])c4ccccc4C3(C)C)/CCC2)=[N+](CCCCS(=O)(=O)O)c2ccccc21. The van der Waals surface area contributed by atoms with Crippen molar-refractivity contribution in [2.45, 2.75) is 170 Å². The molecular weight excluding hydrogens is 1390 g/mol. The molecule has 1 saturated carbocycles. The molecule has 1 atom stereocenters. The van der Waals surface area contributed by atoms with Crippen LogP contribution < -0.4 is 30.7 Å². The summed E-state index contributed by atoms with van der Waals surface area (Å²) in [5.41, 5.74) is 6.44. The molecule has 2 aliphatic heterocycles. The lowest BCUT2D eigenvalue weighted by molar-refractivity contribution is -0.438. The number of unbranched alkanes of at least 4 members (excludes halogenated alkanes) is 2. The van der Waals surface area contributed by atoms with E-state index in [1.807, 2.05) is 36.4 Å². The second-order valence-electron chi connectivity index (χ2n) is 26.7. The Morgan fingerprint density at radius 3 is 2.03 bits per heavy atom. The minimum Gasteiger partial charge on any atom is -0.748 e. The van der Waals surface area contributed by atoms with Gasteiger partial charge in [0.15, 0.2) is 37.9 Å². The number of sulfone groups is 1. The second-order valence-corrected chi connectivity index (χ2v) is 33.4. The molecule has 2 amide bonds. The Labute approximate surface area is 590 Å². The number of fused-ring (bicyclic) bond motifs is 2. The van der Waals surface area contributed by atoms with E-state index in [1.165, 1.54) is 0 Å². The van der Waals surface area contributed by atoms with Gasteiger partial charge in [-0.15, -0.1) is 0 Å². The lowest BCUT2D eigenvalue weighted by Gasteiger charge is -2.28. The van der Waals surface area contributed by atoms with Crippen molar-refractivity contribution in [3.8, 4) is 5.75 Å². The van der Waals surface area contributed by atoms with Gasteiger partial charge in [0.2, 0.25) is 27.5 Å². The van der Waals surface area contributed by atoms with Gasteiger partial charge in [0.25, 0.3) is 10.1 Å². The summed E-state index contributed by atoms with van der Waals surface area (Å²) in [7, 11) is -18.7. The molecule has 4 aliphatic rings. The fourth-order valence-corrected chi connectivity index (χ4v) is 16.7. The lowest BCUT2D eigenvalue weighted by Crippen LogP contribution is -2.42. The van der Waals surface area contributed by atoms with Gasteiger partial charge in [0, 0.05) is 85.1 Å². The number of ether oxygens (including phenoxy) is 3. The minimum absolute atomic E-state index is 0.00966. The van der Waals surface area contributed by atoms with E-state index >= 15 is 13.2 Å². The summed E-state index contributed by atoms with van der Waals surface area (Å²) in [6, 6.07) is 21.0. The number of aliphatic carboxylic acids is 1. The van der Waals surface area contributed by atoms with Gasteiger partial charge < -0.3 is 44.7 Å². The molecule has 0 bridgehead atoms. The van der Waals surface area contributed by atoms with Crippen LogP contribution in [0.3, 0.4) is 0 Å². The molecule has 101 heavy (non-hydrogen) atoms. The van der Waals surface area contributed by atoms with Crippen molar-refractivity contribution >= 4 is 80.7 Å². The van der Waals surface area contributed by atoms with E-state index in [9.17, 15) is 62.3 Å². The molecule has 23 nitrogen and oxygen atoms in total. The van der Waals surface area contributed by atoms with Crippen molar-refractivity contribution in [3.05, 3.63) is 154 Å². The maximum Gasteiger partial charge on any atom is 0.326 e. The highest BCUT2D eigenvalue weighted by atomic mass is 32.2. The molecule has 1 fully saturated rings. The number of para-hydroxylation sites is 2. The highest BCUT2D eigenvalue weighted by Crippen LogP contribution is 2.48. The number of primary sulfonamides is 1. The number of hydrogen-bond donors (Lipinski definition) is 6. The molecule has 0 saturated heterocycles. The zero-order chi connectivity index (χ0) is 73.5. The van der Waals surface area contributed by atoms with Gasteiger partial charge in [-0.3, -0.25) is 14.1 Å². The third kappa shape index (κ3) is 21.4. The summed E-state index contributed by atoms with van der Waals surface area (Å²) < 4.78 is 185. The standard InChI is InChI=1S/C71H91F3N6O17S4/c1-70(2)53-23-10-12-25-56(53)79(38-14-16-44-99(87,88)89)58(70)33-29-49-19-18-20-50(30-34-59-71(3,4)54-24-11-13-26-57(54)80(59)39-15-17-45-100(90,91)92)66(49)97-52-31-27-48(28-32-52)47-55(69(83)84)78-61(82)35-40-95-42-43-96-41-37-76-60(81)36-46-98(85,86)68-63(73)62(72)67(101(75,93)94)64(74)65(68)77-51-21-8-6-5-7-9-22-51/h10-13,23-34,51,55,77H,5-9,14-22,35-47H2,1-4H3,(H6-,75,76,78,81,82,83,84,87,88,89,90,91,92,93,94)/t55-/m0/s1. The molecule has 7 N–H and O–H groups in total. The van der Waals surface area contributed by atoms with E-state index in [4.69, 9.17) is 19.3 Å². The van der Waals surface area contributed by atoms with Gasteiger partial charge >= 0.3 is 5.97 Å². The number of hydrogen-bond acceptors (Lipinski definition) is 17. The Bertz CT molecular complexity index is 4320. The molecule has 0 radical (unpaired) electrons. The number of carbonyl (C=O) groups is 3. The van der Waals surface area contributed by atoms with Crippen molar-refractivity contribution in [2.75, 3.05) is 73.5 Å². The zero-order valence-electron chi connectivity index (χ0n) is 57.2. The van der Waals surface area contributed by atoms with E-state index in [2.05, 4.69) is 89.6 Å². The van der Waals surface area contributed by atoms with E-state index in [-0.39, 0.29) is 64.4 Å². The van der Waals surface area contributed by atoms with Crippen LogP contribution in [0.25, 0.3) is 0 Å². The number of carboxylic acid groups (broad SMARTS) is 1. The van der Waals surface area contributed by atoms with Crippen molar-refractivity contribution in [1.29, 1.82) is 0 Å². The van der Waals surface area contributed by atoms with E-state index in [0.717, 1.165) is 70.7 Å². The van der Waals surface area contributed by atoms with Crippen LogP contribution >= 0.6 is 0 Å². The Morgan fingerprint density at radius 1 is 0.713 bits per heavy atom. The van der Waals surface area contributed by atoms with Crippen LogP contribution in [0.4, 0.5) is 30.2 Å². The van der Waals surface area contributed by atoms with E-state index < -0.39 is 132 Å². The van der Waals surface area contributed by atoms with Crippen LogP contribution in [0.1, 0.15) is 147 Å². The molecule has 4 aromatic carbocycles. The van der Waals surface area contributed by atoms with Gasteiger partial charge in [0.05, 0.1) is 59.2 Å². The first-order valence-corrected chi connectivity index (χ1v) is 40.3. The summed E-state index contributed by atoms with van der Waals surface area (Å²) in [6.45, 7) is 9.14. The first-order valence-electron chi connectivity index (χ1n) is 33.9. The molecule has 0 spiro atoms. The third-order valence-electron chi connectivity index (χ3n) is 18.5. The van der Waals surface area contributed by atoms with Gasteiger partial charge in [-0.25, -0.2) is 48.4 Å². The van der Waals surface area contributed by atoms with Gasteiger partial charge in [-0.2, -0.15) is 13.0 Å². The monoisotopic (exact) mass is 1480 g/mol. The Morgan fingerprint density at radius 2 is 1.36 bits per heavy atom. The van der Waals surface area contributed by atoms with E-state index in [0.29, 0.717) is 81.5 Å². The van der Waals surface area contributed by atoms with Crippen LogP contribution in [0, 0.1) is 17.5 Å². The number of nitrogens with two attached hydrogens (primary N) is 1. The zero-order valence-corrected chi connectivity index (χ0v) is 60.5. The normalized spacial score (nSPS) is 17.8. The summed E-state index contributed by atoms with van der Waals surface area (Å²) in [5, 5.41) is 22.8. The number of nitrogens with zero attached hydrogens (tertiary/aromatic N) is 2. The van der Waals surface area contributed by atoms with Crippen molar-refractivity contribution in [1.82, 2.24) is 10.6 Å². The van der Waals surface area contributed by atoms with Crippen LogP contribution in [0.15, 0.2) is 129 Å². The molecule has 2 heterocycles. The van der Waals surface area contributed by atoms with Crippen molar-refractivity contribution in [2.24, 2.45) is 5.14 Å². The highest BCUT2D eigenvalue weighted by molar-refractivity contribution is 7.91. The molecule has 4 aromatic rings. The average Bonchev–Trinajstić information content (AvgIpc) is 1.75. The van der Waals surface area contributed by atoms with Gasteiger partial charge in [0.1, 0.15) is 29.0 Å². The number of sulfonamides is 1. The predicted octanol–water partition coefficient (Wildman–Crippen LogP) is 9.84. The average molecular weight is 1490 g/mol. The number of benzene rings is 4. The first-order chi connectivity index (χ1) is 47.7. The summed E-state index contributed by atoms with van der Waals surface area (Å²) >= 11 is 0. The lowest BCUT2D eigenvalue weighted by atomic mass is 9.81. The summed E-state index contributed by atoms with van der Waals surface area (Å²) in [5.74, 6) is -9.92. The van der Waals surface area contributed by atoms with Crippen LogP contribution in [0.2, 0.25) is 0 Å². The Balaban J connectivity index is 0.880. The Kier molecular flexibility index (Phi) is 27.4. The van der Waals surface area contributed by atoms with Gasteiger partial charge in [-0.05, 0) is 118 Å². The molecule has 2 aliphatic carbocycles. The summed E-state index contributed by atoms with van der Waals surface area (Å²) in [4.78, 5) is 37.2. The number of allylic oxidation sites excluding steroid dienone is 7. The number of carbonyl (C=O) groups excluding carboxylic acids is 2. The third-order valence-corrected chi connectivity index (χ3v) is 22.8. The number of halogens is 3. The largest absolute Gasteiger partial charge is 0.748 e. The molecule has 552 valence electrons. The fourth-order valence-electron chi connectivity index (χ4n) is 13.4. The van der Waals surface area contributed by atoms with Crippen LogP contribution in [0.5, 0.6) is 5.75 Å². The fraction of sp³-hybridized carbons (Fsp3) is 0.493. The number of carboxylic acids is 1. The molecule has 0 aromatic heterocycles. The van der Waals surface area contributed by atoms with Crippen LogP contribution in [-0.2, 0) is 81.2 Å². The number of amides is 2. The van der Waals surface area contributed by atoms with Gasteiger partial charge in [-0.1, -0.05) is 101 Å². The smallest absolute Gasteiger partial charge is 0.326 e. The molecular formula is C71H91F3N6O17S4. The van der Waals surface area contributed by atoms with Crippen LogP contribution in [-0.4, -0.2) is 151 Å². The van der Waals surface area contributed by atoms with Crippen molar-refractivity contribution < 1.29 is 94.2 Å². The second kappa shape index (κ2) is 34.8. The maximum atomic E-state index is 15.8. The van der Waals surface area contributed by atoms with E-state index in [1.54, 1.807) is 24.3 Å². The number of rotatable bonds is 35. The molecule has 8 rings (SSSR count). The number of nitrogens with one attached hydrogen (secondary N) is 3.